The van der Waals surface area contributed by atoms with Crippen molar-refractivity contribution in [3.63, 3.8) is 0 Å². The molecule has 1 N–H and O–H groups in total. The summed E-state index contributed by atoms with van der Waals surface area (Å²) in [4.78, 5) is 6.55. The predicted octanol–water partition coefficient (Wildman–Crippen LogP) is 0.458. The third kappa shape index (κ3) is 2.77. The third-order valence-corrected chi connectivity index (χ3v) is 0.553. The van der Waals surface area contributed by atoms with Crippen LogP contribution < -0.4 is 5.43 Å². The van der Waals surface area contributed by atoms with E-state index < -0.39 is 0 Å². The fraction of sp³-hybridized carbons (Fsp3) is 0.500. The number of nitrogens with zero attached hydrogens (tertiary/aromatic N) is 2. The van der Waals surface area contributed by atoms with Gasteiger partial charge in [-0.2, -0.15) is 11.5 Å². The quantitative estimate of drug-likeness (QED) is 0.202. The Morgan fingerprint density at radius 2 is 2.43 bits per heavy atom. The van der Waals surface area contributed by atoms with Crippen molar-refractivity contribution >= 4 is 5.84 Å². The first-order valence-corrected chi connectivity index (χ1v) is 1.87. The predicted molar refractivity (Wildman–Crippen MR) is 28.8 cm³/mol. The maximum atomic E-state index is 6.27. The Hall–Kier alpha value is -1.04. The van der Waals surface area contributed by atoms with E-state index in [2.05, 4.69) is 15.4 Å². The van der Waals surface area contributed by atoms with Gasteiger partial charge in [-0.05, 0) is 6.92 Å². The van der Waals surface area contributed by atoms with Gasteiger partial charge in [-0.15, -0.1) is 0 Å². The average molecular weight is 97.1 g/mol. The zero-order valence-corrected chi connectivity index (χ0v) is 4.39. The van der Waals surface area contributed by atoms with Gasteiger partial charge in [0.05, 0.1) is 0 Å². The van der Waals surface area contributed by atoms with Gasteiger partial charge in [-0.3, -0.25) is 4.99 Å². The molecule has 0 aromatic rings. The molecule has 0 amide bonds. The van der Waals surface area contributed by atoms with Crippen molar-refractivity contribution in [1.29, 1.82) is 0 Å². The Bertz CT molecular complexity index is 109. The molecular weight excluding hydrogens is 90.1 g/mol. The van der Waals surface area contributed by atoms with Crippen LogP contribution in [0.15, 0.2) is 4.99 Å². The molecule has 7 heavy (non-hydrogen) atoms. The molecule has 3 nitrogen and oxygen atoms in total. The van der Waals surface area contributed by atoms with Crippen molar-refractivity contribution in [2.45, 2.75) is 6.92 Å². The molecule has 0 rings (SSSR count). The maximum absolute atomic E-state index is 6.27. The second-order valence-corrected chi connectivity index (χ2v) is 1.03. The second kappa shape index (κ2) is 3.16. The molecule has 0 saturated heterocycles. The molecule has 0 aliphatic heterocycles. The van der Waals surface area contributed by atoms with E-state index in [1.165, 1.54) is 0 Å². The summed E-state index contributed by atoms with van der Waals surface area (Å²) in [5.41, 5.74) is 2.34. The molecule has 0 heterocycles. The zero-order chi connectivity index (χ0) is 5.70. The maximum Gasteiger partial charge on any atom is 0.166 e. The number of rotatable bonds is 0. The molecule has 0 saturated carbocycles. The molecule has 0 unspecified atom stereocenters. The van der Waals surface area contributed by atoms with E-state index in [-0.39, 0.29) is 0 Å². The van der Waals surface area contributed by atoms with Crippen molar-refractivity contribution in [3.05, 3.63) is 11.5 Å². The number of nitrogens with one attached hydrogen (secondary N) is 1. The van der Waals surface area contributed by atoms with Gasteiger partial charge in [0.2, 0.25) is 0 Å². The van der Waals surface area contributed by atoms with E-state index in [1.54, 1.807) is 14.0 Å². The van der Waals surface area contributed by atoms with Crippen LogP contribution in [-0.2, 0) is 0 Å². The normalized spacial score (nSPS) is 10.1. The van der Waals surface area contributed by atoms with E-state index >= 15 is 0 Å². The SMILES string of the molecule is [C-]#[N+]NC(C)=NC. The van der Waals surface area contributed by atoms with Crippen LogP contribution in [-0.4, -0.2) is 12.9 Å². The lowest BCUT2D eigenvalue weighted by Gasteiger charge is -1.82. The topological polar surface area (TPSA) is 28.8 Å². The summed E-state index contributed by atoms with van der Waals surface area (Å²) in [7, 11) is 1.63. The van der Waals surface area contributed by atoms with Crippen LogP contribution in [0.4, 0.5) is 0 Å². The minimum atomic E-state index is 0.648. The summed E-state index contributed by atoms with van der Waals surface area (Å²) in [6, 6.07) is 0. The highest BCUT2D eigenvalue weighted by atomic mass is 15.3. The Balaban J connectivity index is 3.43. The van der Waals surface area contributed by atoms with Crippen molar-refractivity contribution in [2.24, 2.45) is 4.99 Å². The van der Waals surface area contributed by atoms with E-state index in [4.69, 9.17) is 6.57 Å². The molecule has 0 aliphatic rings. The third-order valence-electron chi connectivity index (χ3n) is 0.553. The lowest BCUT2D eigenvalue weighted by molar-refractivity contribution is 1.21. The summed E-state index contributed by atoms with van der Waals surface area (Å²) in [5.74, 6) is 0.648. The molecule has 38 valence electrons. The summed E-state index contributed by atoms with van der Waals surface area (Å²) in [6.45, 7) is 8.00. The minimum absolute atomic E-state index is 0.648. The van der Waals surface area contributed by atoms with E-state index in [0.717, 1.165) is 0 Å². The van der Waals surface area contributed by atoms with Crippen LogP contribution in [0.25, 0.3) is 4.95 Å². The first kappa shape index (κ1) is 5.96. The minimum Gasteiger partial charge on any atom is -0.271 e. The highest BCUT2D eigenvalue weighted by Crippen LogP contribution is 1.64. The van der Waals surface area contributed by atoms with Crippen molar-refractivity contribution in [3.8, 4) is 0 Å². The van der Waals surface area contributed by atoms with Crippen LogP contribution in [0.2, 0.25) is 0 Å². The molecule has 0 bridgehead atoms. The number of aliphatic imine (C=N–C) groups is 1. The van der Waals surface area contributed by atoms with Crippen molar-refractivity contribution in [1.82, 2.24) is 5.43 Å². The lowest BCUT2D eigenvalue weighted by atomic mass is 10.7. The molecule has 0 aromatic carbocycles. The highest BCUT2D eigenvalue weighted by Gasteiger charge is 1.81. The molecular formula is C4H7N3. The molecule has 3 heteroatoms. The summed E-state index contributed by atoms with van der Waals surface area (Å²) >= 11 is 0. The molecule has 0 aliphatic carbocycles. The van der Waals surface area contributed by atoms with E-state index in [0.29, 0.717) is 5.84 Å². The molecule has 0 aromatic heterocycles. The highest BCUT2D eigenvalue weighted by molar-refractivity contribution is 5.79. The Morgan fingerprint density at radius 3 is 2.57 bits per heavy atom. The molecule has 0 radical (unpaired) electrons. The fourth-order valence-corrected chi connectivity index (χ4v) is 0.131. The van der Waals surface area contributed by atoms with Gasteiger partial charge in [0, 0.05) is 7.05 Å². The number of hydrogen-bond donors (Lipinski definition) is 1. The van der Waals surface area contributed by atoms with E-state index in [9.17, 15) is 0 Å². The van der Waals surface area contributed by atoms with Gasteiger partial charge in [-0.25, -0.2) is 0 Å². The summed E-state index contributed by atoms with van der Waals surface area (Å²) < 4.78 is 0. The Kier molecular flexibility index (Phi) is 2.69. The van der Waals surface area contributed by atoms with Crippen LogP contribution in [0, 0.1) is 6.57 Å². The average Bonchev–Trinajstić information content (AvgIpc) is 1.68. The number of hydrogen-bond acceptors (Lipinski definition) is 1. The van der Waals surface area contributed by atoms with Gasteiger partial charge in [0.25, 0.3) is 0 Å². The first-order valence-electron chi connectivity index (χ1n) is 1.87. The van der Waals surface area contributed by atoms with Crippen LogP contribution in [0.3, 0.4) is 0 Å². The van der Waals surface area contributed by atoms with Crippen molar-refractivity contribution < 1.29 is 0 Å². The fourth-order valence-electron chi connectivity index (χ4n) is 0.131. The standard InChI is InChI=1S/C4H7N3/c1-4(5-2)7-6-3/h1-2H3,(H,5,7). The second-order valence-electron chi connectivity index (χ2n) is 1.03. The van der Waals surface area contributed by atoms with Gasteiger partial charge >= 0.3 is 0 Å². The first-order chi connectivity index (χ1) is 3.31. The van der Waals surface area contributed by atoms with Gasteiger partial charge in [0.15, 0.2) is 5.84 Å². The summed E-state index contributed by atoms with van der Waals surface area (Å²) in [6.07, 6.45) is 0. The lowest BCUT2D eigenvalue weighted by Crippen LogP contribution is -2.09. The van der Waals surface area contributed by atoms with Gasteiger partial charge in [0.1, 0.15) is 0 Å². The largest absolute Gasteiger partial charge is 0.271 e. The van der Waals surface area contributed by atoms with E-state index in [1.807, 2.05) is 0 Å². The summed E-state index contributed by atoms with van der Waals surface area (Å²) in [5, 5.41) is 0. The Labute approximate surface area is 42.9 Å². The zero-order valence-electron chi connectivity index (χ0n) is 4.39. The molecule has 0 atom stereocenters. The van der Waals surface area contributed by atoms with Crippen LogP contribution >= 0.6 is 0 Å². The van der Waals surface area contributed by atoms with Crippen LogP contribution in [0.1, 0.15) is 6.92 Å². The van der Waals surface area contributed by atoms with Crippen molar-refractivity contribution in [2.75, 3.05) is 7.05 Å². The van der Waals surface area contributed by atoms with Gasteiger partial charge < -0.3 is 0 Å². The van der Waals surface area contributed by atoms with Gasteiger partial charge in [-0.1, -0.05) is 5.43 Å². The smallest absolute Gasteiger partial charge is 0.166 e. The monoisotopic (exact) mass is 97.1 g/mol. The molecule has 0 fully saturated rings. The van der Waals surface area contributed by atoms with Crippen LogP contribution in [0.5, 0.6) is 0 Å². The molecule has 0 spiro atoms. The number of amidine groups is 1. The Morgan fingerprint density at radius 1 is 1.86 bits per heavy atom.